The molecule has 0 aliphatic rings. The maximum atomic E-state index is 11.5. The lowest BCUT2D eigenvalue weighted by Crippen LogP contribution is -2.38. The van der Waals surface area contributed by atoms with Crippen LogP contribution in [-0.2, 0) is 22.7 Å². The minimum atomic E-state index is -3.16. The molecule has 0 atom stereocenters. The third-order valence-electron chi connectivity index (χ3n) is 3.99. The van der Waals surface area contributed by atoms with Crippen LogP contribution < -0.4 is 10.6 Å². The predicted octanol–water partition coefficient (Wildman–Crippen LogP) is 3.74. The highest BCUT2D eigenvalue weighted by Crippen LogP contribution is 2.19. The molecule has 0 aliphatic heterocycles. The standard InChI is InChI=1S/C20H25Cl2N3O2S/c1-3-23-20(25-11-9-16-12-17(21)14-18(22)13-16)24-10-8-15-4-6-19(7-5-15)28(2,26)27/h4-7,12-14H,3,8-11H2,1-2H3,(H2,23,24,25). The van der Waals surface area contributed by atoms with Crippen LogP contribution in [-0.4, -0.2) is 40.3 Å². The van der Waals surface area contributed by atoms with E-state index in [2.05, 4.69) is 15.6 Å². The number of nitrogens with zero attached hydrogens (tertiary/aromatic N) is 1. The summed E-state index contributed by atoms with van der Waals surface area (Å²) in [5.74, 6) is 0.739. The summed E-state index contributed by atoms with van der Waals surface area (Å²) in [6, 6.07) is 12.4. The first-order valence-electron chi connectivity index (χ1n) is 9.04. The number of halogens is 2. The Morgan fingerprint density at radius 1 is 0.964 bits per heavy atom. The Balaban J connectivity index is 1.87. The zero-order valence-electron chi connectivity index (χ0n) is 16.0. The second-order valence-electron chi connectivity index (χ2n) is 6.38. The van der Waals surface area contributed by atoms with E-state index in [0.29, 0.717) is 28.0 Å². The summed E-state index contributed by atoms with van der Waals surface area (Å²) in [6.45, 7) is 4.07. The third-order valence-corrected chi connectivity index (χ3v) is 5.56. The van der Waals surface area contributed by atoms with Crippen LogP contribution in [0.1, 0.15) is 18.1 Å². The molecule has 2 aromatic rings. The Morgan fingerprint density at radius 3 is 2.18 bits per heavy atom. The van der Waals surface area contributed by atoms with E-state index in [1.165, 1.54) is 6.26 Å². The Bertz CT molecular complexity index is 893. The quantitative estimate of drug-likeness (QED) is 0.483. The fraction of sp³-hybridized carbons (Fsp3) is 0.350. The van der Waals surface area contributed by atoms with Crippen molar-refractivity contribution in [3.63, 3.8) is 0 Å². The van der Waals surface area contributed by atoms with E-state index in [9.17, 15) is 8.42 Å². The van der Waals surface area contributed by atoms with Gasteiger partial charge in [0.15, 0.2) is 15.8 Å². The van der Waals surface area contributed by atoms with E-state index in [-0.39, 0.29) is 0 Å². The Morgan fingerprint density at radius 2 is 1.61 bits per heavy atom. The first kappa shape index (κ1) is 22.5. The zero-order valence-corrected chi connectivity index (χ0v) is 18.3. The molecule has 0 saturated heterocycles. The Kier molecular flexibility index (Phi) is 8.60. The second-order valence-corrected chi connectivity index (χ2v) is 9.27. The van der Waals surface area contributed by atoms with Crippen LogP contribution in [0.3, 0.4) is 0 Å². The molecule has 0 heterocycles. The molecule has 0 aliphatic carbocycles. The molecule has 0 unspecified atom stereocenters. The van der Waals surface area contributed by atoms with Crippen molar-refractivity contribution in [3.05, 3.63) is 63.6 Å². The van der Waals surface area contributed by atoms with Gasteiger partial charge >= 0.3 is 0 Å². The molecule has 0 bridgehead atoms. The summed E-state index contributed by atoms with van der Waals surface area (Å²) in [6.07, 6.45) is 2.71. The molecule has 0 spiro atoms. The van der Waals surface area contributed by atoms with Crippen molar-refractivity contribution in [2.75, 3.05) is 25.9 Å². The van der Waals surface area contributed by atoms with Gasteiger partial charge < -0.3 is 10.6 Å². The third kappa shape index (κ3) is 7.70. The molecule has 0 fully saturated rings. The monoisotopic (exact) mass is 441 g/mol. The highest BCUT2D eigenvalue weighted by molar-refractivity contribution is 7.90. The summed E-state index contributed by atoms with van der Waals surface area (Å²) in [7, 11) is -3.16. The van der Waals surface area contributed by atoms with Crippen molar-refractivity contribution >= 4 is 39.0 Å². The minimum Gasteiger partial charge on any atom is -0.357 e. The molecule has 0 aromatic heterocycles. The van der Waals surface area contributed by atoms with E-state index in [4.69, 9.17) is 23.2 Å². The topological polar surface area (TPSA) is 70.6 Å². The lowest BCUT2D eigenvalue weighted by Gasteiger charge is -2.11. The van der Waals surface area contributed by atoms with Crippen molar-refractivity contribution in [1.29, 1.82) is 0 Å². The number of hydrogen-bond donors (Lipinski definition) is 2. The summed E-state index contributed by atoms with van der Waals surface area (Å²) < 4.78 is 23.0. The summed E-state index contributed by atoms with van der Waals surface area (Å²) >= 11 is 12.1. The summed E-state index contributed by atoms with van der Waals surface area (Å²) in [4.78, 5) is 4.90. The number of benzene rings is 2. The molecule has 2 rings (SSSR count). The summed E-state index contributed by atoms with van der Waals surface area (Å²) in [5.41, 5.74) is 2.10. The lowest BCUT2D eigenvalue weighted by atomic mass is 10.1. The van der Waals surface area contributed by atoms with Crippen LogP contribution in [0, 0.1) is 0 Å². The maximum Gasteiger partial charge on any atom is 0.191 e. The molecule has 5 nitrogen and oxygen atoms in total. The van der Waals surface area contributed by atoms with Gasteiger partial charge in [-0.1, -0.05) is 35.3 Å². The first-order chi connectivity index (χ1) is 13.3. The number of hydrogen-bond acceptors (Lipinski definition) is 3. The van der Waals surface area contributed by atoms with Crippen LogP contribution in [0.15, 0.2) is 52.4 Å². The van der Waals surface area contributed by atoms with E-state index in [1.807, 2.05) is 31.2 Å². The summed E-state index contributed by atoms with van der Waals surface area (Å²) in [5, 5.41) is 7.77. The zero-order chi connectivity index (χ0) is 20.6. The predicted molar refractivity (Wildman–Crippen MR) is 117 cm³/mol. The smallest absolute Gasteiger partial charge is 0.191 e. The molecule has 0 amide bonds. The van der Waals surface area contributed by atoms with Crippen LogP contribution in [0.5, 0.6) is 0 Å². The molecule has 28 heavy (non-hydrogen) atoms. The van der Waals surface area contributed by atoms with E-state index in [0.717, 1.165) is 36.5 Å². The van der Waals surface area contributed by atoms with Gasteiger partial charge in [0.2, 0.25) is 0 Å². The average molecular weight is 442 g/mol. The van der Waals surface area contributed by atoms with Gasteiger partial charge in [-0.2, -0.15) is 0 Å². The van der Waals surface area contributed by atoms with Crippen molar-refractivity contribution in [3.8, 4) is 0 Å². The van der Waals surface area contributed by atoms with Gasteiger partial charge in [0.05, 0.1) is 4.90 Å². The van der Waals surface area contributed by atoms with E-state index in [1.54, 1.807) is 18.2 Å². The van der Waals surface area contributed by atoms with E-state index < -0.39 is 9.84 Å². The molecule has 8 heteroatoms. The second kappa shape index (κ2) is 10.7. The lowest BCUT2D eigenvalue weighted by molar-refractivity contribution is 0.602. The normalized spacial score (nSPS) is 12.1. The van der Waals surface area contributed by atoms with Gasteiger partial charge in [0.25, 0.3) is 0 Å². The molecule has 152 valence electrons. The number of nitrogens with one attached hydrogen (secondary N) is 2. The Hall–Kier alpha value is -1.76. The van der Waals surface area contributed by atoms with Gasteiger partial charge in [-0.25, -0.2) is 8.42 Å². The average Bonchev–Trinajstić information content (AvgIpc) is 2.60. The van der Waals surface area contributed by atoms with Crippen molar-refractivity contribution < 1.29 is 8.42 Å². The van der Waals surface area contributed by atoms with Crippen LogP contribution >= 0.6 is 23.2 Å². The molecule has 2 aromatic carbocycles. The molecular weight excluding hydrogens is 417 g/mol. The van der Waals surface area contributed by atoms with Crippen molar-refractivity contribution in [2.45, 2.75) is 24.7 Å². The van der Waals surface area contributed by atoms with Gasteiger partial charge in [-0.15, -0.1) is 0 Å². The van der Waals surface area contributed by atoms with Gasteiger partial charge in [0.1, 0.15) is 0 Å². The van der Waals surface area contributed by atoms with Crippen molar-refractivity contribution in [1.82, 2.24) is 10.6 Å². The number of sulfone groups is 1. The van der Waals surface area contributed by atoms with Crippen molar-refractivity contribution in [2.24, 2.45) is 4.99 Å². The molecular formula is C20H25Cl2N3O2S. The fourth-order valence-corrected chi connectivity index (χ4v) is 3.82. The van der Waals surface area contributed by atoms with Crippen LogP contribution in [0.25, 0.3) is 0 Å². The molecule has 0 saturated carbocycles. The minimum absolute atomic E-state index is 0.330. The molecule has 2 N–H and O–H groups in total. The van der Waals surface area contributed by atoms with Crippen LogP contribution in [0.4, 0.5) is 0 Å². The Labute approximate surface area is 177 Å². The SMILES string of the molecule is CCNC(=NCCc1ccc(S(C)(=O)=O)cc1)NCCc1cc(Cl)cc(Cl)c1. The highest BCUT2D eigenvalue weighted by atomic mass is 35.5. The maximum absolute atomic E-state index is 11.5. The molecule has 0 radical (unpaired) electrons. The van der Waals surface area contributed by atoms with Gasteiger partial charge in [-0.3, -0.25) is 4.99 Å². The largest absolute Gasteiger partial charge is 0.357 e. The van der Waals surface area contributed by atoms with Crippen LogP contribution in [0.2, 0.25) is 10.0 Å². The number of rotatable bonds is 8. The highest BCUT2D eigenvalue weighted by Gasteiger charge is 2.06. The van der Waals surface area contributed by atoms with Gasteiger partial charge in [-0.05, 0) is 61.2 Å². The van der Waals surface area contributed by atoms with E-state index >= 15 is 0 Å². The van der Waals surface area contributed by atoms with Gasteiger partial charge in [0, 0.05) is 35.9 Å². The fourth-order valence-electron chi connectivity index (χ4n) is 2.62. The number of guanidine groups is 1. The number of aliphatic imine (C=N–C) groups is 1. The first-order valence-corrected chi connectivity index (χ1v) is 11.7.